The number of hydrogen-bond acceptors (Lipinski definition) is 3. The molecule has 1 spiro atoms. The molecule has 1 heterocycles. The quantitative estimate of drug-likeness (QED) is 0.497. The maximum atomic E-state index is 6.39. The normalized spacial score (nSPS) is 23.9. The molecule has 0 aromatic heterocycles. The highest BCUT2D eigenvalue weighted by Gasteiger charge is 2.53. The minimum atomic E-state index is -0.124. The van der Waals surface area contributed by atoms with E-state index in [4.69, 9.17) is 5.73 Å². The van der Waals surface area contributed by atoms with E-state index in [-0.39, 0.29) is 11.0 Å². The van der Waals surface area contributed by atoms with E-state index in [1.54, 1.807) is 6.20 Å². The number of guanidine groups is 1. The zero-order chi connectivity index (χ0) is 16.2. The van der Waals surface area contributed by atoms with Gasteiger partial charge in [0.1, 0.15) is 0 Å². The van der Waals surface area contributed by atoms with Gasteiger partial charge in [-0.25, -0.2) is 9.98 Å². The highest BCUT2D eigenvalue weighted by Crippen LogP contribution is 2.57. The summed E-state index contributed by atoms with van der Waals surface area (Å²) in [5, 5.41) is 0. The Hall–Kier alpha value is -1.59. The van der Waals surface area contributed by atoms with Gasteiger partial charge in [0.2, 0.25) is 5.96 Å². The summed E-state index contributed by atoms with van der Waals surface area (Å²) < 4.78 is 0. The van der Waals surface area contributed by atoms with Crippen LogP contribution in [0.2, 0.25) is 0 Å². The van der Waals surface area contributed by atoms with Gasteiger partial charge in [0.25, 0.3) is 0 Å². The van der Waals surface area contributed by atoms with Crippen LogP contribution in [0.15, 0.2) is 39.3 Å². The Morgan fingerprint density at radius 2 is 2.09 bits per heavy atom. The van der Waals surface area contributed by atoms with Gasteiger partial charge in [-0.15, -0.1) is 12.6 Å². The highest BCUT2D eigenvalue weighted by atomic mass is 32.1. The van der Waals surface area contributed by atoms with E-state index < -0.39 is 0 Å². The maximum absolute atomic E-state index is 6.39. The average Bonchev–Trinajstić information content (AvgIpc) is 3.42. The molecule has 2 fully saturated rings. The van der Waals surface area contributed by atoms with Crippen LogP contribution in [0.5, 0.6) is 0 Å². The molecule has 0 saturated heterocycles. The molecule has 120 valence electrons. The highest BCUT2D eigenvalue weighted by molar-refractivity contribution is 7.84. The number of nitrogens with two attached hydrogens (primary N) is 1. The summed E-state index contributed by atoms with van der Waals surface area (Å²) in [5.74, 6) is 0.641. The summed E-state index contributed by atoms with van der Waals surface area (Å²) in [6, 6.07) is 6.73. The van der Waals surface area contributed by atoms with Crippen molar-refractivity contribution >= 4 is 31.0 Å². The SMILES string of the molecule is C=NC(=N/C=C(\C)S)N1CC2(CC2)c2ccc(C3(N)CC3)cc21. The molecule has 0 radical (unpaired) electrons. The molecule has 4 rings (SSSR count). The molecule has 1 aromatic carbocycles. The molecule has 0 amide bonds. The second kappa shape index (κ2) is 4.95. The molecule has 2 saturated carbocycles. The Bertz CT molecular complexity index is 737. The van der Waals surface area contributed by atoms with Gasteiger partial charge in [0.15, 0.2) is 0 Å². The predicted octanol–water partition coefficient (Wildman–Crippen LogP) is 3.33. The van der Waals surface area contributed by atoms with Crippen LogP contribution < -0.4 is 10.6 Å². The predicted molar refractivity (Wildman–Crippen MR) is 99.5 cm³/mol. The van der Waals surface area contributed by atoms with Gasteiger partial charge >= 0.3 is 0 Å². The lowest BCUT2D eigenvalue weighted by Crippen LogP contribution is -2.30. The molecule has 1 aromatic rings. The van der Waals surface area contributed by atoms with Crippen molar-refractivity contribution in [1.29, 1.82) is 0 Å². The largest absolute Gasteiger partial charge is 0.321 e. The number of thiol groups is 1. The topological polar surface area (TPSA) is 54.0 Å². The number of benzene rings is 1. The van der Waals surface area contributed by atoms with E-state index in [0.717, 1.165) is 24.3 Å². The summed E-state index contributed by atoms with van der Waals surface area (Å²) in [6.45, 7) is 6.54. The van der Waals surface area contributed by atoms with Crippen LogP contribution in [0.1, 0.15) is 43.7 Å². The van der Waals surface area contributed by atoms with E-state index in [0.29, 0.717) is 5.96 Å². The van der Waals surface area contributed by atoms with Crippen LogP contribution in [0.3, 0.4) is 0 Å². The van der Waals surface area contributed by atoms with E-state index in [1.165, 1.54) is 29.7 Å². The summed E-state index contributed by atoms with van der Waals surface area (Å²) in [7, 11) is 0. The van der Waals surface area contributed by atoms with Crippen molar-refractivity contribution in [3.63, 3.8) is 0 Å². The van der Waals surface area contributed by atoms with Gasteiger partial charge < -0.3 is 10.6 Å². The first-order valence-electron chi connectivity index (χ1n) is 8.09. The Kier molecular flexibility index (Phi) is 3.22. The fraction of sp³-hybridized carbons (Fsp3) is 0.444. The molecular weight excluding hydrogens is 304 g/mol. The standard InChI is InChI=1S/C18H22N4S/c1-12(23)10-21-16(20-2)22-11-17(5-6-17)14-4-3-13(9-15(14)22)18(19)7-8-18/h3-4,9-10,23H,2,5-8,11,19H2,1H3/b12-10+,21-16?. The molecule has 0 unspecified atom stereocenters. The first kappa shape index (κ1) is 15.0. The Morgan fingerprint density at radius 1 is 1.35 bits per heavy atom. The number of hydrogen-bond donors (Lipinski definition) is 2. The van der Waals surface area contributed by atoms with Crippen LogP contribution in [-0.2, 0) is 11.0 Å². The van der Waals surface area contributed by atoms with E-state index in [1.807, 2.05) is 6.92 Å². The maximum Gasteiger partial charge on any atom is 0.229 e. The third kappa shape index (κ3) is 2.42. The number of anilines is 1. The first-order valence-corrected chi connectivity index (χ1v) is 8.54. The van der Waals surface area contributed by atoms with Crippen LogP contribution >= 0.6 is 12.6 Å². The smallest absolute Gasteiger partial charge is 0.229 e. The first-order chi connectivity index (χ1) is 11.0. The van der Waals surface area contributed by atoms with Gasteiger partial charge in [-0.05, 0) is 61.4 Å². The molecule has 0 bridgehead atoms. The van der Waals surface area contributed by atoms with Crippen molar-refractivity contribution in [3.05, 3.63) is 40.4 Å². The fourth-order valence-electron chi connectivity index (χ4n) is 3.51. The number of allylic oxidation sites excluding steroid dienone is 1. The van der Waals surface area contributed by atoms with Crippen molar-refractivity contribution in [2.75, 3.05) is 11.4 Å². The molecule has 2 N–H and O–H groups in total. The zero-order valence-electron chi connectivity index (χ0n) is 13.4. The molecule has 1 aliphatic heterocycles. The van der Waals surface area contributed by atoms with Crippen molar-refractivity contribution < 1.29 is 0 Å². The molecular formula is C18H22N4S. The van der Waals surface area contributed by atoms with Crippen molar-refractivity contribution in [3.8, 4) is 0 Å². The lowest BCUT2D eigenvalue weighted by Gasteiger charge is -2.19. The Labute approximate surface area is 142 Å². The second-order valence-corrected chi connectivity index (χ2v) is 7.82. The summed E-state index contributed by atoms with van der Waals surface area (Å²) in [5.41, 5.74) is 10.4. The summed E-state index contributed by atoms with van der Waals surface area (Å²) >= 11 is 4.28. The van der Waals surface area contributed by atoms with Crippen LogP contribution in [0.25, 0.3) is 0 Å². The van der Waals surface area contributed by atoms with Crippen molar-refractivity contribution in [1.82, 2.24) is 0 Å². The van der Waals surface area contributed by atoms with Crippen molar-refractivity contribution in [2.45, 2.75) is 43.6 Å². The molecule has 0 atom stereocenters. The molecule has 2 aliphatic carbocycles. The number of fused-ring (bicyclic) bond motifs is 2. The number of rotatable bonds is 2. The zero-order valence-corrected chi connectivity index (χ0v) is 14.3. The molecule has 4 nitrogen and oxygen atoms in total. The van der Waals surface area contributed by atoms with Crippen LogP contribution in [0.4, 0.5) is 5.69 Å². The van der Waals surface area contributed by atoms with Crippen LogP contribution in [-0.4, -0.2) is 19.2 Å². The Morgan fingerprint density at radius 3 is 2.65 bits per heavy atom. The summed E-state index contributed by atoms with van der Waals surface area (Å²) in [4.78, 5) is 11.7. The molecule has 3 aliphatic rings. The monoisotopic (exact) mass is 326 g/mol. The average molecular weight is 326 g/mol. The minimum absolute atomic E-state index is 0.124. The van der Waals surface area contributed by atoms with Crippen LogP contribution in [0, 0.1) is 0 Å². The lowest BCUT2D eigenvalue weighted by molar-refractivity contribution is 0.737. The van der Waals surface area contributed by atoms with E-state index in [9.17, 15) is 0 Å². The third-order valence-electron chi connectivity index (χ3n) is 5.29. The Balaban J connectivity index is 1.78. The van der Waals surface area contributed by atoms with E-state index >= 15 is 0 Å². The lowest BCUT2D eigenvalue weighted by atomic mass is 9.95. The van der Waals surface area contributed by atoms with Gasteiger partial charge in [0.05, 0.1) is 0 Å². The molecule has 23 heavy (non-hydrogen) atoms. The van der Waals surface area contributed by atoms with E-state index in [2.05, 4.69) is 52.4 Å². The second-order valence-electron chi connectivity index (χ2n) is 7.11. The third-order valence-corrected chi connectivity index (χ3v) is 5.40. The van der Waals surface area contributed by atoms with Gasteiger partial charge in [0, 0.05) is 29.4 Å². The van der Waals surface area contributed by atoms with Gasteiger partial charge in [-0.2, -0.15) is 0 Å². The van der Waals surface area contributed by atoms with Gasteiger partial charge in [-0.3, -0.25) is 0 Å². The molecule has 5 heteroatoms. The van der Waals surface area contributed by atoms with Crippen molar-refractivity contribution in [2.24, 2.45) is 15.7 Å². The number of aliphatic imine (C=N–C) groups is 2. The minimum Gasteiger partial charge on any atom is -0.321 e. The fourth-order valence-corrected chi connectivity index (χ4v) is 3.57. The number of nitrogens with zero attached hydrogens (tertiary/aromatic N) is 3. The summed E-state index contributed by atoms with van der Waals surface area (Å²) in [6.07, 6.45) is 6.32. The van der Waals surface area contributed by atoms with Gasteiger partial charge in [-0.1, -0.05) is 12.1 Å².